The normalized spacial score (nSPS) is 12.5. The second-order valence-corrected chi connectivity index (χ2v) is 8.05. The second kappa shape index (κ2) is 8.81. The number of nitrogens with two attached hydrogens (primary N) is 1. The highest BCUT2D eigenvalue weighted by molar-refractivity contribution is 6.05. The Balaban J connectivity index is 1.95. The smallest absolute Gasteiger partial charge is 0.349 e. The van der Waals surface area contributed by atoms with Crippen LogP contribution in [0.3, 0.4) is 0 Å². The molecule has 3 rings (SSSR count). The molecule has 164 valence electrons. The Morgan fingerprint density at radius 1 is 1.19 bits per heavy atom. The summed E-state index contributed by atoms with van der Waals surface area (Å²) in [5.41, 5.74) is 6.46. The molecule has 31 heavy (non-hydrogen) atoms. The Hall–Kier alpha value is -3.32. The van der Waals surface area contributed by atoms with E-state index in [2.05, 4.69) is 5.32 Å². The Morgan fingerprint density at radius 3 is 2.45 bits per heavy atom. The molecule has 1 heterocycles. The van der Waals surface area contributed by atoms with Crippen molar-refractivity contribution in [2.45, 2.75) is 45.8 Å². The van der Waals surface area contributed by atoms with Crippen LogP contribution in [-0.4, -0.2) is 19.1 Å². The summed E-state index contributed by atoms with van der Waals surface area (Å²) in [6.07, 6.45) is 0.666. The number of benzene rings is 2. The molecular weight excluding hydrogens is 396 g/mol. The lowest BCUT2D eigenvalue weighted by atomic mass is 9.95. The van der Waals surface area contributed by atoms with Crippen molar-refractivity contribution in [1.29, 1.82) is 0 Å². The Kier molecular flexibility index (Phi) is 6.36. The van der Waals surface area contributed by atoms with Gasteiger partial charge in [0.15, 0.2) is 11.3 Å². The van der Waals surface area contributed by atoms with Crippen LogP contribution in [0.1, 0.15) is 50.0 Å². The van der Waals surface area contributed by atoms with Crippen molar-refractivity contribution < 1.29 is 18.7 Å². The van der Waals surface area contributed by atoms with Gasteiger partial charge in [0.25, 0.3) is 5.91 Å². The summed E-state index contributed by atoms with van der Waals surface area (Å²) in [6, 6.07) is 12.1. The minimum absolute atomic E-state index is 0.101. The third-order valence-corrected chi connectivity index (χ3v) is 5.07. The van der Waals surface area contributed by atoms with Gasteiger partial charge in [-0.15, -0.1) is 0 Å². The number of ether oxygens (including phenoxy) is 2. The summed E-state index contributed by atoms with van der Waals surface area (Å²) in [5.74, 6) is 0.241. The van der Waals surface area contributed by atoms with Crippen LogP contribution in [0.25, 0.3) is 11.0 Å². The van der Waals surface area contributed by atoms with Gasteiger partial charge >= 0.3 is 5.63 Å². The molecule has 1 aromatic heterocycles. The fourth-order valence-corrected chi connectivity index (χ4v) is 3.04. The van der Waals surface area contributed by atoms with Crippen LogP contribution in [-0.2, 0) is 5.54 Å². The molecule has 0 fully saturated rings. The number of nitrogens with one attached hydrogen (secondary N) is 1. The van der Waals surface area contributed by atoms with Crippen LogP contribution < -0.4 is 26.1 Å². The number of fused-ring (bicyclic) bond motifs is 1. The quantitative estimate of drug-likeness (QED) is 0.544. The summed E-state index contributed by atoms with van der Waals surface area (Å²) in [5, 5.41) is 3.28. The molecule has 3 N–H and O–H groups in total. The van der Waals surface area contributed by atoms with Crippen LogP contribution in [0.15, 0.2) is 51.7 Å². The van der Waals surface area contributed by atoms with E-state index in [4.69, 9.17) is 19.6 Å². The van der Waals surface area contributed by atoms with E-state index in [1.54, 1.807) is 24.3 Å². The molecule has 0 aliphatic heterocycles. The summed E-state index contributed by atoms with van der Waals surface area (Å²) < 4.78 is 16.8. The highest BCUT2D eigenvalue weighted by Crippen LogP contribution is 2.36. The zero-order valence-electron chi connectivity index (χ0n) is 18.4. The highest BCUT2D eigenvalue weighted by atomic mass is 16.5. The van der Waals surface area contributed by atoms with E-state index in [0.29, 0.717) is 22.6 Å². The van der Waals surface area contributed by atoms with Crippen molar-refractivity contribution in [3.63, 3.8) is 0 Å². The lowest BCUT2D eigenvalue weighted by Gasteiger charge is -2.19. The maximum Gasteiger partial charge on any atom is 0.349 e. The summed E-state index contributed by atoms with van der Waals surface area (Å²) in [6.45, 7) is 7.70. The van der Waals surface area contributed by atoms with Gasteiger partial charge in [-0.3, -0.25) is 4.79 Å². The molecule has 1 atom stereocenters. The molecule has 3 aromatic rings. The number of methoxy groups -OCH3 is 1. The number of carbonyl (C=O) groups is 1. The topological polar surface area (TPSA) is 104 Å². The van der Waals surface area contributed by atoms with Gasteiger partial charge in [-0.1, -0.05) is 19.1 Å². The number of carbonyl (C=O) groups excluding carboxylic acids is 1. The van der Waals surface area contributed by atoms with Crippen molar-refractivity contribution in [2.24, 2.45) is 5.73 Å². The third kappa shape index (κ3) is 4.88. The van der Waals surface area contributed by atoms with E-state index in [0.717, 1.165) is 12.0 Å². The molecule has 7 heteroatoms. The first-order valence-corrected chi connectivity index (χ1v) is 10.2. The van der Waals surface area contributed by atoms with Gasteiger partial charge in [0.2, 0.25) is 5.75 Å². The van der Waals surface area contributed by atoms with Gasteiger partial charge < -0.3 is 24.9 Å². The van der Waals surface area contributed by atoms with E-state index in [1.807, 2.05) is 39.8 Å². The molecule has 0 bridgehead atoms. The van der Waals surface area contributed by atoms with Gasteiger partial charge in [-0.25, -0.2) is 4.79 Å². The van der Waals surface area contributed by atoms with E-state index in [1.165, 1.54) is 13.2 Å². The predicted molar refractivity (Wildman–Crippen MR) is 121 cm³/mol. The van der Waals surface area contributed by atoms with Gasteiger partial charge in [0.05, 0.1) is 13.2 Å². The van der Waals surface area contributed by atoms with Crippen molar-refractivity contribution in [3.8, 4) is 11.5 Å². The number of hydrogen-bond acceptors (Lipinski definition) is 6. The number of anilines is 1. The predicted octanol–water partition coefficient (Wildman–Crippen LogP) is 4.43. The molecule has 1 amide bonds. The molecule has 0 saturated heterocycles. The van der Waals surface area contributed by atoms with E-state index in [9.17, 15) is 9.59 Å². The maximum atomic E-state index is 12.7. The minimum Gasteiger partial charge on any atom is -0.493 e. The summed E-state index contributed by atoms with van der Waals surface area (Å²) in [7, 11) is 1.52. The highest BCUT2D eigenvalue weighted by Gasteiger charge is 2.20. The number of rotatable bonds is 7. The molecule has 0 unspecified atom stereocenters. The van der Waals surface area contributed by atoms with E-state index >= 15 is 0 Å². The van der Waals surface area contributed by atoms with Crippen molar-refractivity contribution >= 4 is 22.6 Å². The second-order valence-electron chi connectivity index (χ2n) is 8.05. The van der Waals surface area contributed by atoms with Gasteiger partial charge in [0.1, 0.15) is 5.56 Å². The van der Waals surface area contributed by atoms with Crippen molar-refractivity contribution in [1.82, 2.24) is 0 Å². The first kappa shape index (κ1) is 22.4. The molecule has 0 radical (unpaired) electrons. The van der Waals surface area contributed by atoms with E-state index < -0.39 is 17.1 Å². The minimum atomic E-state index is -0.757. The Morgan fingerprint density at radius 2 is 1.87 bits per heavy atom. The average molecular weight is 424 g/mol. The largest absolute Gasteiger partial charge is 0.493 e. The lowest BCUT2D eigenvalue weighted by molar-refractivity contribution is 0.102. The summed E-state index contributed by atoms with van der Waals surface area (Å²) >= 11 is 0. The molecule has 7 nitrogen and oxygen atoms in total. The first-order chi connectivity index (χ1) is 14.6. The van der Waals surface area contributed by atoms with Gasteiger partial charge in [-0.05, 0) is 63.1 Å². The first-order valence-electron chi connectivity index (χ1n) is 10.2. The van der Waals surface area contributed by atoms with Gasteiger partial charge in [-0.2, -0.15) is 0 Å². The molecule has 0 spiro atoms. The SMILES string of the molecule is CC[C@H](C)Oc1c(OC)ccc2cc(C(=O)Nc3ccc(C(C)(C)N)cc3)c(=O)oc12. The lowest BCUT2D eigenvalue weighted by Crippen LogP contribution is -2.28. The fourth-order valence-electron chi connectivity index (χ4n) is 3.04. The number of amides is 1. The van der Waals surface area contributed by atoms with Crippen molar-refractivity contribution in [2.75, 3.05) is 12.4 Å². The standard InChI is InChI=1S/C24H28N2O5/c1-6-14(2)30-21-19(29-5)12-7-15-13-18(23(28)31-20(15)21)22(27)26-17-10-8-16(9-11-17)24(3,4)25/h7-14H,6,25H2,1-5H3,(H,26,27)/t14-/m0/s1. The van der Waals surface area contributed by atoms with Crippen LogP contribution in [0.4, 0.5) is 5.69 Å². The van der Waals surface area contributed by atoms with E-state index in [-0.39, 0.29) is 17.3 Å². The zero-order chi connectivity index (χ0) is 22.8. The molecule has 0 aliphatic carbocycles. The molecule has 0 saturated carbocycles. The maximum absolute atomic E-state index is 12.7. The number of hydrogen-bond donors (Lipinski definition) is 2. The van der Waals surface area contributed by atoms with Crippen LogP contribution in [0.5, 0.6) is 11.5 Å². The molecule has 0 aliphatic rings. The zero-order valence-corrected chi connectivity index (χ0v) is 18.4. The summed E-state index contributed by atoms with van der Waals surface area (Å²) in [4.78, 5) is 25.4. The Bertz CT molecular complexity index is 1140. The fraction of sp³-hybridized carbons (Fsp3) is 0.333. The third-order valence-electron chi connectivity index (χ3n) is 5.07. The monoisotopic (exact) mass is 424 g/mol. The Labute approximate surface area is 181 Å². The molecule has 2 aromatic carbocycles. The van der Waals surface area contributed by atoms with Crippen LogP contribution >= 0.6 is 0 Å². The molecular formula is C24H28N2O5. The van der Waals surface area contributed by atoms with Gasteiger partial charge in [0, 0.05) is 16.6 Å². The van der Waals surface area contributed by atoms with Crippen LogP contribution in [0.2, 0.25) is 0 Å². The average Bonchev–Trinajstić information content (AvgIpc) is 2.73. The van der Waals surface area contributed by atoms with Crippen LogP contribution in [0, 0.1) is 0 Å². The van der Waals surface area contributed by atoms with Crippen molar-refractivity contribution in [3.05, 3.63) is 64.0 Å².